The van der Waals surface area contributed by atoms with Crippen LogP contribution in [-0.2, 0) is 28.5 Å². The Morgan fingerprint density at radius 2 is 0.886 bits per heavy atom. The van der Waals surface area contributed by atoms with E-state index in [9.17, 15) is 19.2 Å². The molecule has 0 aliphatic carbocycles. The summed E-state index contributed by atoms with van der Waals surface area (Å²) in [5.74, 6) is -0.147. The van der Waals surface area contributed by atoms with Gasteiger partial charge in [0.1, 0.15) is 22.3 Å². The van der Waals surface area contributed by atoms with Crippen LogP contribution in [-0.4, -0.2) is 147 Å². The van der Waals surface area contributed by atoms with Crippen molar-refractivity contribution in [3.05, 3.63) is 122 Å². The van der Waals surface area contributed by atoms with Crippen LogP contribution in [0.25, 0.3) is 22.5 Å². The molecule has 0 saturated carbocycles. The Bertz CT molecular complexity index is 3170. The van der Waals surface area contributed by atoms with Crippen molar-refractivity contribution < 1.29 is 43.2 Å². The Labute approximate surface area is 546 Å². The third kappa shape index (κ3) is 20.5. The Balaban J connectivity index is 0.000000371. The fraction of sp³-hybridized carbons (Fsp3) is 0.419. The number of halogens is 5. The number of carboxylic acid groups (broad SMARTS) is 1. The molecule has 0 spiro atoms. The molecular formula is C62H83Cl5N12O9. The number of anilines is 8. The lowest BCUT2D eigenvalue weighted by molar-refractivity contribution is -0.148. The monoisotopic (exact) mass is 1310 g/mol. The molecule has 10 rings (SSSR count). The zero-order valence-electron chi connectivity index (χ0n) is 50.9. The molecular weight excluding hydrogens is 1230 g/mol. The minimum absolute atomic E-state index is 0. The zero-order valence-corrected chi connectivity index (χ0v) is 54.9. The Morgan fingerprint density at radius 3 is 1.27 bits per heavy atom. The Morgan fingerprint density at radius 1 is 0.523 bits per heavy atom. The summed E-state index contributed by atoms with van der Waals surface area (Å²) in [6.45, 7) is 21.7. The van der Waals surface area contributed by atoms with Gasteiger partial charge in [0.25, 0.3) is 0 Å². The third-order valence-corrected chi connectivity index (χ3v) is 14.4. The summed E-state index contributed by atoms with van der Waals surface area (Å²) in [6, 6.07) is 35.4. The molecule has 4 saturated heterocycles. The third-order valence-electron chi connectivity index (χ3n) is 14.4. The quantitative estimate of drug-likeness (QED) is 0.0756. The summed E-state index contributed by atoms with van der Waals surface area (Å²) in [6.07, 6.45) is 4.94. The first kappa shape index (κ1) is 75.1. The van der Waals surface area contributed by atoms with Crippen LogP contribution in [0, 0.1) is 0 Å². The maximum Gasteiger partial charge on any atom is 0.411 e. The van der Waals surface area contributed by atoms with Crippen LogP contribution in [0.2, 0.25) is 0 Å². The summed E-state index contributed by atoms with van der Waals surface area (Å²) in [4.78, 5) is 74.5. The van der Waals surface area contributed by atoms with E-state index in [1.165, 1.54) is 21.2 Å². The molecule has 0 radical (unpaired) electrons. The van der Waals surface area contributed by atoms with Crippen molar-refractivity contribution in [2.75, 3.05) is 97.2 Å². The fourth-order valence-electron chi connectivity index (χ4n) is 9.82. The highest BCUT2D eigenvalue weighted by molar-refractivity contribution is 6.00. The van der Waals surface area contributed by atoms with E-state index in [1.807, 2.05) is 106 Å². The molecule has 2 unspecified atom stereocenters. The van der Waals surface area contributed by atoms with Gasteiger partial charge in [-0.3, -0.25) is 14.6 Å². The van der Waals surface area contributed by atoms with Gasteiger partial charge in [0.15, 0.2) is 0 Å². The van der Waals surface area contributed by atoms with E-state index in [2.05, 4.69) is 70.0 Å². The predicted molar refractivity (Wildman–Crippen MR) is 359 cm³/mol. The van der Waals surface area contributed by atoms with Gasteiger partial charge in [-0.1, -0.05) is 24.3 Å². The number of nitrogens with one attached hydrogen (secondary N) is 3. The van der Waals surface area contributed by atoms with Gasteiger partial charge in [-0.15, -0.1) is 62.0 Å². The molecule has 4 fully saturated rings. The molecule has 6 N–H and O–H groups in total. The van der Waals surface area contributed by atoms with Gasteiger partial charge in [-0.2, -0.15) is 0 Å². The molecule has 0 bridgehead atoms. The highest BCUT2D eigenvalue weighted by Gasteiger charge is 2.48. The molecule has 21 nitrogen and oxygen atoms in total. The number of carbonyl (C=O) groups is 4. The number of amides is 3. The Hall–Kier alpha value is -7.11. The summed E-state index contributed by atoms with van der Waals surface area (Å²) in [5, 5.41) is 18.7. The van der Waals surface area contributed by atoms with Crippen LogP contribution in [0.1, 0.15) is 81.1 Å². The zero-order chi connectivity index (χ0) is 59.4. The maximum absolute atomic E-state index is 13.3. The average Bonchev–Trinajstić information content (AvgIpc) is 3.32. The number of ether oxygens (including phenoxy) is 4. The van der Waals surface area contributed by atoms with E-state index >= 15 is 0 Å². The predicted octanol–water partition coefficient (Wildman–Crippen LogP) is 12.7. The highest BCUT2D eigenvalue weighted by atomic mass is 35.5. The SMILES string of the molecule is CC(C)(C)OC(=O)N1CCCC1(C)C(=O)Nc1ccc(-c2ccnc(Nc3ccc(N4CCOCC4)cc3)n2)cc1.CC(C)(C)OC(=O)N1CCCC1(C)C(=O)O.Cl.Cl.Cl.Cl.Cl.Nc1ccc(-c2ccnc(Nc3ccc(N4CCOCC4)cc3)n2)cc1. The van der Waals surface area contributed by atoms with Crippen LogP contribution >= 0.6 is 62.0 Å². The van der Waals surface area contributed by atoms with E-state index in [-0.39, 0.29) is 67.9 Å². The topological polar surface area (TPSA) is 252 Å². The Kier molecular flexibility index (Phi) is 28.6. The van der Waals surface area contributed by atoms with Crippen molar-refractivity contribution in [1.82, 2.24) is 29.7 Å². The molecule has 2 atom stereocenters. The van der Waals surface area contributed by atoms with E-state index in [1.54, 1.807) is 47.0 Å². The minimum Gasteiger partial charge on any atom is -0.480 e. The molecule has 88 heavy (non-hydrogen) atoms. The van der Waals surface area contributed by atoms with Crippen LogP contribution < -0.4 is 31.5 Å². The largest absolute Gasteiger partial charge is 0.480 e. The number of rotatable bonds is 11. The normalized spacial score (nSPS) is 17.8. The summed E-state index contributed by atoms with van der Waals surface area (Å²) >= 11 is 0. The molecule has 4 aromatic carbocycles. The smallest absolute Gasteiger partial charge is 0.411 e. The molecule has 6 aromatic rings. The van der Waals surface area contributed by atoms with Gasteiger partial charge < -0.3 is 55.5 Å². The van der Waals surface area contributed by atoms with E-state index in [0.29, 0.717) is 49.9 Å². The minimum atomic E-state index is -1.12. The molecule has 3 amide bonds. The number of benzene rings is 4. The van der Waals surface area contributed by atoms with Gasteiger partial charge in [0, 0.05) is 96.9 Å². The molecule has 4 aliphatic rings. The first-order valence-electron chi connectivity index (χ1n) is 28.1. The number of aromatic nitrogens is 4. The number of carbonyl (C=O) groups excluding carboxylic acids is 3. The van der Waals surface area contributed by atoms with Crippen molar-refractivity contribution in [3.63, 3.8) is 0 Å². The lowest BCUT2D eigenvalue weighted by Crippen LogP contribution is -2.54. The van der Waals surface area contributed by atoms with Gasteiger partial charge in [0.2, 0.25) is 17.8 Å². The molecule has 26 heteroatoms. The second kappa shape index (κ2) is 33.5. The number of likely N-dealkylation sites (tertiary alicyclic amines) is 2. The highest BCUT2D eigenvalue weighted by Crippen LogP contribution is 2.34. The van der Waals surface area contributed by atoms with Gasteiger partial charge >= 0.3 is 18.2 Å². The number of morpholine rings is 2. The van der Waals surface area contributed by atoms with Crippen molar-refractivity contribution in [2.45, 2.75) is 103 Å². The second-order valence-electron chi connectivity index (χ2n) is 23.1. The number of hydrogen-bond acceptors (Lipinski definition) is 17. The van der Waals surface area contributed by atoms with Gasteiger partial charge in [-0.05, 0) is 166 Å². The number of nitrogen functional groups attached to an aromatic ring is 1. The molecule has 6 heterocycles. The van der Waals surface area contributed by atoms with E-state index < -0.39 is 40.4 Å². The van der Waals surface area contributed by atoms with Gasteiger partial charge in [0.05, 0.1) is 37.8 Å². The van der Waals surface area contributed by atoms with Crippen LogP contribution in [0.4, 0.5) is 55.6 Å². The number of nitrogens with zero attached hydrogens (tertiary/aromatic N) is 8. The number of carboxylic acids is 1. The first-order chi connectivity index (χ1) is 39.5. The van der Waals surface area contributed by atoms with Crippen molar-refractivity contribution in [3.8, 4) is 22.5 Å². The average molecular weight is 1320 g/mol. The van der Waals surface area contributed by atoms with Gasteiger partial charge in [-0.25, -0.2) is 34.3 Å². The van der Waals surface area contributed by atoms with E-state index in [0.717, 1.165) is 98.6 Å². The lowest BCUT2D eigenvalue weighted by atomic mass is 9.97. The van der Waals surface area contributed by atoms with Crippen molar-refractivity contribution >= 4 is 132 Å². The van der Waals surface area contributed by atoms with Crippen molar-refractivity contribution in [2.24, 2.45) is 0 Å². The van der Waals surface area contributed by atoms with Crippen molar-refractivity contribution in [1.29, 1.82) is 0 Å². The summed E-state index contributed by atoms with van der Waals surface area (Å²) in [5.41, 5.74) is 11.5. The molecule has 4 aliphatic heterocycles. The lowest BCUT2D eigenvalue weighted by Gasteiger charge is -2.35. The number of nitrogens with two attached hydrogens (primary N) is 1. The molecule has 2 aromatic heterocycles. The second-order valence-corrected chi connectivity index (χ2v) is 23.1. The standard InChI is InChI=1S/C31H38N6O4.C20H21N5O.C11H19NO4.5ClH/c1-30(2,3)41-29(39)37-17-5-15-31(37,4)27(38)33-23-8-6-22(7-9-23)26-14-16-32-28(35-26)34-24-10-12-25(13-11-24)36-18-20-40-21-19-36;21-16-3-1-15(2-4-16)19-9-10-22-20(24-19)23-17-5-7-18(8-6-17)25-11-13-26-14-12-25;1-10(2,3)16-9(15)12-7-5-6-11(12,4)8(13)14;;;;;/h6-14,16H,5,15,17-21H2,1-4H3,(H,33,38)(H,32,34,35);1-10H,11-14,21H2,(H,22,23,24);5-7H2,1-4H3,(H,13,14);5*1H. The van der Waals surface area contributed by atoms with Crippen LogP contribution in [0.5, 0.6) is 0 Å². The molecule has 480 valence electrons. The summed E-state index contributed by atoms with van der Waals surface area (Å²) < 4.78 is 21.6. The number of aliphatic carboxylic acids is 1. The van der Waals surface area contributed by atoms with Crippen LogP contribution in [0.3, 0.4) is 0 Å². The summed E-state index contributed by atoms with van der Waals surface area (Å²) in [7, 11) is 0. The first-order valence-corrected chi connectivity index (χ1v) is 28.1. The van der Waals surface area contributed by atoms with E-state index in [4.69, 9.17) is 29.8 Å². The maximum atomic E-state index is 13.3. The fourth-order valence-corrected chi connectivity index (χ4v) is 9.82. The number of hydrogen-bond donors (Lipinski definition) is 5. The van der Waals surface area contributed by atoms with Crippen LogP contribution in [0.15, 0.2) is 122 Å².